The van der Waals surface area contributed by atoms with E-state index >= 15 is 0 Å². The van der Waals surface area contributed by atoms with E-state index in [4.69, 9.17) is 4.74 Å². The lowest BCUT2D eigenvalue weighted by Crippen LogP contribution is -2.20. The van der Waals surface area contributed by atoms with Gasteiger partial charge in [-0.2, -0.15) is 5.10 Å². The number of benzene rings is 1. The van der Waals surface area contributed by atoms with Gasteiger partial charge in [0.2, 0.25) is 5.91 Å². The highest BCUT2D eigenvalue weighted by Crippen LogP contribution is 2.26. The van der Waals surface area contributed by atoms with Crippen LogP contribution in [-0.2, 0) is 11.3 Å². The van der Waals surface area contributed by atoms with Crippen molar-refractivity contribution in [2.24, 2.45) is 0 Å². The van der Waals surface area contributed by atoms with Gasteiger partial charge in [0, 0.05) is 25.7 Å². The first-order valence-corrected chi connectivity index (χ1v) is 8.11. The Morgan fingerprint density at radius 1 is 1.29 bits per heavy atom. The quantitative estimate of drug-likeness (QED) is 0.808. The molecule has 2 aromatic rings. The minimum atomic E-state index is -0.0514. The third-order valence-electron chi connectivity index (χ3n) is 3.54. The molecule has 2 rings (SSSR count). The molecule has 0 radical (unpaired) electrons. The molecule has 1 amide bonds. The van der Waals surface area contributed by atoms with E-state index in [0.29, 0.717) is 31.0 Å². The molecule has 1 N–H and O–H groups in total. The van der Waals surface area contributed by atoms with E-state index in [9.17, 15) is 4.79 Å². The van der Waals surface area contributed by atoms with Crippen LogP contribution in [0.3, 0.4) is 0 Å². The van der Waals surface area contributed by atoms with Gasteiger partial charge in [0.15, 0.2) is 0 Å². The van der Waals surface area contributed by atoms with E-state index in [-0.39, 0.29) is 5.91 Å². The average molecular weight is 330 g/mol. The number of hydrogen-bond donors (Lipinski definition) is 1. The van der Waals surface area contributed by atoms with E-state index in [0.717, 1.165) is 17.7 Å². The third kappa shape index (κ3) is 5.70. The number of nitrogens with one attached hydrogen (secondary N) is 1. The van der Waals surface area contributed by atoms with Gasteiger partial charge in [0.05, 0.1) is 11.9 Å². The SMILES string of the molecule is Cc1ccc(NC(=O)CCn2cc(C)cn2)c(OCCN(C)C)c1. The molecule has 0 aliphatic rings. The van der Waals surface area contributed by atoms with Crippen molar-refractivity contribution in [3.63, 3.8) is 0 Å². The topological polar surface area (TPSA) is 59.4 Å². The van der Waals surface area contributed by atoms with E-state index in [1.54, 1.807) is 10.9 Å². The van der Waals surface area contributed by atoms with Crippen molar-refractivity contribution in [3.8, 4) is 5.75 Å². The van der Waals surface area contributed by atoms with Crippen LogP contribution in [0.2, 0.25) is 0 Å². The highest BCUT2D eigenvalue weighted by atomic mass is 16.5. The molecule has 0 unspecified atom stereocenters. The van der Waals surface area contributed by atoms with Crippen LogP contribution in [0.25, 0.3) is 0 Å². The molecule has 1 aromatic heterocycles. The Morgan fingerprint density at radius 2 is 2.08 bits per heavy atom. The monoisotopic (exact) mass is 330 g/mol. The lowest BCUT2D eigenvalue weighted by atomic mass is 10.2. The number of anilines is 1. The minimum absolute atomic E-state index is 0.0514. The lowest BCUT2D eigenvalue weighted by molar-refractivity contribution is -0.116. The van der Waals surface area contributed by atoms with Crippen LogP contribution < -0.4 is 10.1 Å². The van der Waals surface area contributed by atoms with Gasteiger partial charge < -0.3 is 15.0 Å². The fourth-order valence-corrected chi connectivity index (χ4v) is 2.21. The van der Waals surface area contributed by atoms with Crippen LogP contribution >= 0.6 is 0 Å². The zero-order valence-electron chi connectivity index (χ0n) is 14.9. The van der Waals surface area contributed by atoms with Gasteiger partial charge in [-0.3, -0.25) is 9.48 Å². The summed E-state index contributed by atoms with van der Waals surface area (Å²) in [6.07, 6.45) is 4.08. The molecule has 0 bridgehead atoms. The Morgan fingerprint density at radius 3 is 2.75 bits per heavy atom. The van der Waals surface area contributed by atoms with Crippen molar-refractivity contribution in [1.29, 1.82) is 0 Å². The molecule has 0 fully saturated rings. The second-order valence-electron chi connectivity index (χ2n) is 6.23. The molecule has 0 atom stereocenters. The number of amides is 1. The molecule has 24 heavy (non-hydrogen) atoms. The smallest absolute Gasteiger partial charge is 0.226 e. The Bertz CT molecular complexity index is 679. The first-order chi connectivity index (χ1) is 11.4. The van der Waals surface area contributed by atoms with Crippen molar-refractivity contribution >= 4 is 11.6 Å². The summed E-state index contributed by atoms with van der Waals surface area (Å²) in [5, 5.41) is 7.12. The Kier molecular flexibility index (Phi) is 6.37. The highest BCUT2D eigenvalue weighted by Gasteiger charge is 2.09. The summed E-state index contributed by atoms with van der Waals surface area (Å²) < 4.78 is 7.60. The molecule has 0 saturated heterocycles. The average Bonchev–Trinajstić information content (AvgIpc) is 2.93. The second kappa shape index (κ2) is 8.49. The summed E-state index contributed by atoms with van der Waals surface area (Å²) in [5.74, 6) is 0.657. The van der Waals surface area contributed by atoms with Gasteiger partial charge in [-0.1, -0.05) is 6.07 Å². The summed E-state index contributed by atoms with van der Waals surface area (Å²) in [6.45, 7) is 5.94. The maximum atomic E-state index is 12.2. The number of aromatic nitrogens is 2. The Labute approximate surface area is 143 Å². The molecule has 0 saturated carbocycles. The summed E-state index contributed by atoms with van der Waals surface area (Å²) >= 11 is 0. The van der Waals surface area contributed by atoms with Gasteiger partial charge in [-0.15, -0.1) is 0 Å². The number of ether oxygens (including phenoxy) is 1. The number of nitrogens with zero attached hydrogens (tertiary/aromatic N) is 3. The molecule has 0 aliphatic carbocycles. The number of likely N-dealkylation sites (N-methyl/N-ethyl adjacent to an activating group) is 1. The van der Waals surface area contributed by atoms with E-state index in [2.05, 4.69) is 15.3 Å². The van der Waals surface area contributed by atoms with Gasteiger partial charge in [-0.05, 0) is 51.2 Å². The second-order valence-corrected chi connectivity index (χ2v) is 6.23. The molecule has 1 aromatic carbocycles. The molecule has 6 heteroatoms. The summed E-state index contributed by atoms with van der Waals surface area (Å²) in [4.78, 5) is 14.3. The molecule has 6 nitrogen and oxygen atoms in total. The van der Waals surface area contributed by atoms with Crippen molar-refractivity contribution in [2.45, 2.75) is 26.8 Å². The van der Waals surface area contributed by atoms with Crippen molar-refractivity contribution in [3.05, 3.63) is 41.7 Å². The largest absolute Gasteiger partial charge is 0.490 e. The molecule has 130 valence electrons. The maximum Gasteiger partial charge on any atom is 0.226 e. The van der Waals surface area contributed by atoms with Crippen molar-refractivity contribution in [1.82, 2.24) is 14.7 Å². The highest BCUT2D eigenvalue weighted by molar-refractivity contribution is 5.92. The van der Waals surface area contributed by atoms with Crippen molar-refractivity contribution < 1.29 is 9.53 Å². The van der Waals surface area contributed by atoms with Gasteiger partial charge in [-0.25, -0.2) is 0 Å². The number of rotatable bonds is 8. The van der Waals surface area contributed by atoms with Gasteiger partial charge in [0.25, 0.3) is 0 Å². The van der Waals surface area contributed by atoms with E-state index in [1.165, 1.54) is 0 Å². The Hall–Kier alpha value is -2.34. The molecule has 0 spiro atoms. The van der Waals surface area contributed by atoms with E-state index in [1.807, 2.05) is 52.3 Å². The van der Waals surface area contributed by atoms with Crippen molar-refractivity contribution in [2.75, 3.05) is 32.6 Å². The molecular formula is C18H26N4O2. The number of carbonyl (C=O) groups excluding carboxylic acids is 1. The summed E-state index contributed by atoms with van der Waals surface area (Å²) in [6, 6.07) is 5.80. The first-order valence-electron chi connectivity index (χ1n) is 8.11. The van der Waals surface area contributed by atoms with Crippen LogP contribution in [-0.4, -0.2) is 47.8 Å². The first kappa shape index (κ1) is 18.0. The standard InChI is InChI=1S/C18H26N4O2/c1-14-5-6-16(17(11-14)24-10-9-21(3)4)20-18(23)7-8-22-13-15(2)12-19-22/h5-6,11-13H,7-10H2,1-4H3,(H,20,23). The van der Waals surface area contributed by atoms with Crippen LogP contribution in [0.15, 0.2) is 30.6 Å². The fraction of sp³-hybridized carbons (Fsp3) is 0.444. The maximum absolute atomic E-state index is 12.2. The van der Waals surface area contributed by atoms with E-state index < -0.39 is 0 Å². The van der Waals surface area contributed by atoms with Crippen LogP contribution in [0.1, 0.15) is 17.5 Å². The molecular weight excluding hydrogens is 304 g/mol. The van der Waals surface area contributed by atoms with Crippen LogP contribution in [0.5, 0.6) is 5.75 Å². The summed E-state index contributed by atoms with van der Waals surface area (Å²) in [5.41, 5.74) is 2.89. The van der Waals surface area contributed by atoms with Gasteiger partial charge in [0.1, 0.15) is 12.4 Å². The Balaban J connectivity index is 1.93. The van der Waals surface area contributed by atoms with Crippen LogP contribution in [0.4, 0.5) is 5.69 Å². The van der Waals surface area contributed by atoms with Crippen LogP contribution in [0, 0.1) is 13.8 Å². The number of carbonyl (C=O) groups is 1. The normalized spacial score (nSPS) is 10.9. The fourth-order valence-electron chi connectivity index (χ4n) is 2.21. The van der Waals surface area contributed by atoms with Gasteiger partial charge >= 0.3 is 0 Å². The predicted molar refractivity (Wildman–Crippen MR) is 95.4 cm³/mol. The molecule has 0 aliphatic heterocycles. The third-order valence-corrected chi connectivity index (χ3v) is 3.54. The minimum Gasteiger partial charge on any atom is -0.490 e. The zero-order chi connectivity index (χ0) is 17.5. The zero-order valence-corrected chi connectivity index (χ0v) is 14.9. The predicted octanol–water partition coefficient (Wildman–Crippen LogP) is 2.47. The lowest BCUT2D eigenvalue weighted by Gasteiger charge is -2.15. The number of aryl methyl sites for hydroxylation is 3. The molecule has 1 heterocycles. The number of hydrogen-bond acceptors (Lipinski definition) is 4. The summed E-state index contributed by atoms with van der Waals surface area (Å²) in [7, 11) is 4.00.